The summed E-state index contributed by atoms with van der Waals surface area (Å²) in [5.74, 6) is 2.58. The second-order valence-electron chi connectivity index (χ2n) is 7.07. The highest BCUT2D eigenvalue weighted by molar-refractivity contribution is 7.92. The van der Waals surface area contributed by atoms with E-state index in [1.165, 1.54) is 36.6 Å². The van der Waals surface area contributed by atoms with Gasteiger partial charge in [0.1, 0.15) is 5.75 Å². The van der Waals surface area contributed by atoms with Crippen molar-refractivity contribution in [2.75, 3.05) is 11.8 Å². The number of rotatable bonds is 6. The molecule has 10 heteroatoms. The molecule has 1 amide bonds. The maximum atomic E-state index is 12.9. The first-order chi connectivity index (χ1) is 16.3. The molecule has 0 saturated carbocycles. The van der Waals surface area contributed by atoms with Gasteiger partial charge < -0.3 is 9.30 Å². The molecule has 0 fully saturated rings. The van der Waals surface area contributed by atoms with Crippen LogP contribution in [0.4, 0.5) is 5.69 Å². The zero-order valence-corrected chi connectivity index (χ0v) is 20.2. The van der Waals surface area contributed by atoms with Crippen LogP contribution in [-0.4, -0.2) is 26.0 Å². The van der Waals surface area contributed by atoms with E-state index in [2.05, 4.69) is 15.6 Å². The van der Waals surface area contributed by atoms with E-state index < -0.39 is 15.9 Å². The molecule has 0 aliphatic rings. The minimum atomic E-state index is -3.86. The Morgan fingerprint density at radius 1 is 1.18 bits per heavy atom. The Balaban J connectivity index is 1.65. The van der Waals surface area contributed by atoms with Gasteiger partial charge in [-0.15, -0.1) is 6.42 Å². The molecular formula is C24H18ClN3O4S2. The van der Waals surface area contributed by atoms with E-state index in [-0.39, 0.29) is 22.7 Å². The van der Waals surface area contributed by atoms with Crippen LogP contribution in [0.5, 0.6) is 5.75 Å². The summed E-state index contributed by atoms with van der Waals surface area (Å²) in [6.45, 7) is 0.232. The highest BCUT2D eigenvalue weighted by Crippen LogP contribution is 2.23. The number of methoxy groups -OCH3 is 1. The van der Waals surface area contributed by atoms with Crippen molar-refractivity contribution in [3.05, 3.63) is 82.1 Å². The molecule has 4 rings (SSSR count). The number of carbonyl (C=O) groups excluding carboxylic acids is 1. The first-order valence-corrected chi connectivity index (χ1v) is 12.6. The lowest BCUT2D eigenvalue weighted by atomic mass is 10.2. The van der Waals surface area contributed by atoms with E-state index in [4.69, 9.17) is 22.8 Å². The molecule has 3 aromatic carbocycles. The SMILES string of the molecule is C#CCn1c(=NC(=O)c2cccc(NS(=O)(=O)c3ccc(OC)cc3)c2)sc2cc(Cl)ccc21. The maximum Gasteiger partial charge on any atom is 0.279 e. The molecule has 0 radical (unpaired) electrons. The second-order valence-corrected chi connectivity index (χ2v) is 10.2. The molecule has 1 heterocycles. The fourth-order valence-corrected chi connectivity index (χ4v) is 5.57. The van der Waals surface area contributed by atoms with Crippen molar-refractivity contribution in [1.29, 1.82) is 0 Å². The van der Waals surface area contributed by atoms with Gasteiger partial charge in [0.2, 0.25) is 0 Å². The molecule has 4 aromatic rings. The van der Waals surface area contributed by atoms with Crippen molar-refractivity contribution in [3.8, 4) is 18.1 Å². The largest absolute Gasteiger partial charge is 0.497 e. The minimum absolute atomic E-state index is 0.0639. The van der Waals surface area contributed by atoms with Crippen molar-refractivity contribution in [1.82, 2.24) is 4.57 Å². The highest BCUT2D eigenvalue weighted by atomic mass is 35.5. The van der Waals surface area contributed by atoms with Gasteiger partial charge in [0.25, 0.3) is 15.9 Å². The number of terminal acetylenes is 1. The number of fused-ring (bicyclic) bond motifs is 1. The summed E-state index contributed by atoms with van der Waals surface area (Å²) in [6, 6.07) is 17.5. The molecule has 34 heavy (non-hydrogen) atoms. The molecule has 0 aliphatic heterocycles. The van der Waals surface area contributed by atoms with Gasteiger partial charge in [0.15, 0.2) is 4.80 Å². The fraction of sp³-hybridized carbons (Fsp3) is 0.0833. The van der Waals surface area contributed by atoms with E-state index in [0.717, 1.165) is 10.2 Å². The number of thiazole rings is 1. The summed E-state index contributed by atoms with van der Waals surface area (Å²) in [5, 5.41) is 0.566. The average Bonchev–Trinajstić information content (AvgIpc) is 3.15. The number of hydrogen-bond acceptors (Lipinski definition) is 5. The third-order valence-corrected chi connectivity index (χ3v) is 7.50. The van der Waals surface area contributed by atoms with Crippen molar-refractivity contribution in [3.63, 3.8) is 0 Å². The molecular weight excluding hydrogens is 494 g/mol. The minimum Gasteiger partial charge on any atom is -0.497 e. The van der Waals surface area contributed by atoms with Crippen LogP contribution in [0.1, 0.15) is 10.4 Å². The van der Waals surface area contributed by atoms with Gasteiger partial charge in [-0.2, -0.15) is 4.99 Å². The van der Waals surface area contributed by atoms with Gasteiger partial charge in [-0.1, -0.05) is 34.9 Å². The summed E-state index contributed by atoms with van der Waals surface area (Å²) >= 11 is 7.37. The van der Waals surface area contributed by atoms with Crippen molar-refractivity contribution >= 4 is 54.8 Å². The molecule has 0 spiro atoms. The molecule has 0 bridgehead atoms. The topological polar surface area (TPSA) is 89.8 Å². The molecule has 0 atom stereocenters. The zero-order chi connectivity index (χ0) is 24.3. The summed E-state index contributed by atoms with van der Waals surface area (Å²) in [7, 11) is -2.36. The molecule has 172 valence electrons. The van der Waals surface area contributed by atoms with Gasteiger partial charge >= 0.3 is 0 Å². The summed E-state index contributed by atoms with van der Waals surface area (Å²) in [4.78, 5) is 17.7. The van der Waals surface area contributed by atoms with Crippen molar-refractivity contribution in [2.45, 2.75) is 11.4 Å². The van der Waals surface area contributed by atoms with Gasteiger partial charge in [0, 0.05) is 16.3 Å². The number of carbonyl (C=O) groups is 1. The van der Waals surface area contributed by atoms with Crippen LogP contribution in [0.2, 0.25) is 5.02 Å². The normalized spacial score (nSPS) is 11.9. The fourth-order valence-electron chi connectivity index (χ4n) is 3.21. The first-order valence-electron chi connectivity index (χ1n) is 9.89. The number of anilines is 1. The number of halogens is 1. The number of amides is 1. The lowest BCUT2D eigenvalue weighted by Gasteiger charge is -2.09. The monoisotopic (exact) mass is 511 g/mol. The van der Waals surface area contributed by atoms with Crippen LogP contribution < -0.4 is 14.3 Å². The third-order valence-electron chi connectivity index (χ3n) is 4.82. The van der Waals surface area contributed by atoms with Gasteiger partial charge in [0.05, 0.1) is 28.8 Å². The number of nitrogens with zero attached hydrogens (tertiary/aromatic N) is 2. The van der Waals surface area contributed by atoms with E-state index in [0.29, 0.717) is 15.6 Å². The molecule has 0 saturated heterocycles. The van der Waals surface area contributed by atoms with E-state index in [1.54, 1.807) is 47.0 Å². The number of aromatic nitrogens is 1. The van der Waals surface area contributed by atoms with Gasteiger partial charge in [-0.05, 0) is 60.7 Å². The summed E-state index contributed by atoms with van der Waals surface area (Å²) in [5.41, 5.74) is 1.27. The Hall–Kier alpha value is -3.58. The van der Waals surface area contributed by atoms with Crippen molar-refractivity contribution in [2.24, 2.45) is 4.99 Å². The summed E-state index contributed by atoms with van der Waals surface area (Å²) < 4.78 is 35.6. The molecule has 0 aliphatic carbocycles. The number of ether oxygens (including phenoxy) is 1. The Morgan fingerprint density at radius 3 is 2.65 bits per heavy atom. The average molecular weight is 512 g/mol. The molecule has 1 aromatic heterocycles. The quantitative estimate of drug-likeness (QED) is 0.385. The standard InChI is InChI=1S/C24H18ClN3O4S2/c1-3-13-28-21-12-7-17(25)15-22(21)33-24(28)26-23(29)16-5-4-6-18(14-16)27-34(30,31)20-10-8-19(32-2)9-11-20/h1,4-12,14-15,27H,13H2,2H3. The van der Waals surface area contributed by atoms with Gasteiger partial charge in [-0.3, -0.25) is 9.52 Å². The molecule has 7 nitrogen and oxygen atoms in total. The third kappa shape index (κ3) is 4.99. The second kappa shape index (κ2) is 9.73. The predicted octanol–water partition coefficient (Wildman–Crippen LogP) is 4.54. The predicted molar refractivity (Wildman–Crippen MR) is 134 cm³/mol. The number of sulfonamides is 1. The number of benzene rings is 3. The van der Waals surface area contributed by atoms with Crippen LogP contribution in [0, 0.1) is 12.3 Å². The van der Waals surface area contributed by atoms with E-state index >= 15 is 0 Å². The Labute approximate surface area is 205 Å². The Kier molecular flexibility index (Phi) is 6.75. The van der Waals surface area contributed by atoms with E-state index in [9.17, 15) is 13.2 Å². The first kappa shape index (κ1) is 23.6. The molecule has 0 unspecified atom stereocenters. The Bertz CT molecular complexity index is 1600. The van der Waals surface area contributed by atoms with Crippen LogP contribution in [0.3, 0.4) is 0 Å². The van der Waals surface area contributed by atoms with Crippen LogP contribution in [-0.2, 0) is 16.6 Å². The maximum absolute atomic E-state index is 12.9. The summed E-state index contributed by atoms with van der Waals surface area (Å²) in [6.07, 6.45) is 5.50. The lowest BCUT2D eigenvalue weighted by molar-refractivity contribution is 0.0998. The zero-order valence-electron chi connectivity index (χ0n) is 17.9. The highest BCUT2D eigenvalue weighted by Gasteiger charge is 2.16. The smallest absolute Gasteiger partial charge is 0.279 e. The molecule has 1 N–H and O–H groups in total. The van der Waals surface area contributed by atoms with Crippen LogP contribution >= 0.6 is 22.9 Å². The van der Waals surface area contributed by atoms with Crippen molar-refractivity contribution < 1.29 is 17.9 Å². The lowest BCUT2D eigenvalue weighted by Crippen LogP contribution is -2.17. The van der Waals surface area contributed by atoms with Crippen LogP contribution in [0.15, 0.2) is 76.6 Å². The van der Waals surface area contributed by atoms with Gasteiger partial charge in [-0.25, -0.2) is 8.42 Å². The number of nitrogens with one attached hydrogen (secondary N) is 1. The Morgan fingerprint density at radius 2 is 1.94 bits per heavy atom. The van der Waals surface area contributed by atoms with E-state index in [1.807, 2.05) is 6.07 Å². The number of hydrogen-bond donors (Lipinski definition) is 1. The van der Waals surface area contributed by atoms with Crippen LogP contribution in [0.25, 0.3) is 10.2 Å².